The summed E-state index contributed by atoms with van der Waals surface area (Å²) < 4.78 is 0. The molecule has 1 aromatic rings. The number of likely N-dealkylation sites (tertiary alicyclic amines) is 1. The minimum atomic E-state index is -0.501. The summed E-state index contributed by atoms with van der Waals surface area (Å²) in [7, 11) is 3.58. The van der Waals surface area contributed by atoms with E-state index in [-0.39, 0.29) is 17.5 Å². The normalized spacial score (nSPS) is 19.1. The molecule has 0 saturated carbocycles. The highest BCUT2D eigenvalue weighted by molar-refractivity contribution is 6.00. The van der Waals surface area contributed by atoms with Crippen LogP contribution in [-0.2, 0) is 0 Å². The van der Waals surface area contributed by atoms with Crippen molar-refractivity contribution < 1.29 is 14.8 Å². The molecule has 1 aromatic carbocycles. The molecule has 0 aliphatic carbocycles. The van der Waals surface area contributed by atoms with Crippen LogP contribution in [0.25, 0.3) is 0 Å². The molecule has 0 aromatic heterocycles. The zero-order valence-electron chi connectivity index (χ0n) is 13.0. The molecule has 0 bridgehead atoms. The summed E-state index contributed by atoms with van der Waals surface area (Å²) in [6, 6.07) is 4.32. The third-order valence-corrected chi connectivity index (χ3v) is 4.10. The number of amides is 1. The largest absolute Gasteiger partial charge is 0.393 e. The maximum absolute atomic E-state index is 12.7. The van der Waals surface area contributed by atoms with Crippen molar-refractivity contribution >= 4 is 17.3 Å². The van der Waals surface area contributed by atoms with Crippen LogP contribution in [0.15, 0.2) is 18.2 Å². The third-order valence-electron chi connectivity index (χ3n) is 4.10. The van der Waals surface area contributed by atoms with Gasteiger partial charge in [0.1, 0.15) is 0 Å². The highest BCUT2D eigenvalue weighted by atomic mass is 16.6. The zero-order valence-corrected chi connectivity index (χ0v) is 13.0. The molecule has 1 heterocycles. The van der Waals surface area contributed by atoms with E-state index >= 15 is 0 Å². The number of nitro benzene ring substituents is 1. The number of carbonyl (C=O) groups excluding carboxylic acids is 1. The number of aliphatic hydroxyl groups excluding tert-OH is 1. The van der Waals surface area contributed by atoms with E-state index in [1.165, 1.54) is 12.1 Å². The Labute approximate surface area is 129 Å². The summed E-state index contributed by atoms with van der Waals surface area (Å²) in [4.78, 5) is 26.6. The fraction of sp³-hybridized carbons (Fsp3) is 0.533. The number of nitrogens with zero attached hydrogens (tertiary/aromatic N) is 3. The number of nitro groups is 1. The van der Waals surface area contributed by atoms with E-state index in [1.54, 1.807) is 36.9 Å². The molecular weight excluding hydrogens is 286 g/mol. The van der Waals surface area contributed by atoms with Gasteiger partial charge in [-0.05, 0) is 19.4 Å². The predicted molar refractivity (Wildman–Crippen MR) is 83.1 cm³/mol. The molecule has 1 N–H and O–H groups in total. The summed E-state index contributed by atoms with van der Waals surface area (Å²) in [5.41, 5.74) is 0.877. The molecule has 2 rings (SSSR count). The van der Waals surface area contributed by atoms with Crippen LogP contribution in [0.1, 0.15) is 23.7 Å². The Kier molecular flexibility index (Phi) is 4.65. The van der Waals surface area contributed by atoms with Crippen LogP contribution in [-0.4, -0.2) is 54.1 Å². The van der Waals surface area contributed by atoms with Gasteiger partial charge in [-0.3, -0.25) is 14.9 Å². The van der Waals surface area contributed by atoms with Gasteiger partial charge in [0.05, 0.1) is 16.6 Å². The topological polar surface area (TPSA) is 86.9 Å². The van der Waals surface area contributed by atoms with E-state index < -0.39 is 11.0 Å². The third kappa shape index (κ3) is 3.19. The number of hydrogen-bond acceptors (Lipinski definition) is 5. The van der Waals surface area contributed by atoms with E-state index in [0.29, 0.717) is 24.3 Å². The Morgan fingerprint density at radius 1 is 1.50 bits per heavy atom. The molecule has 1 aliphatic heterocycles. The van der Waals surface area contributed by atoms with Gasteiger partial charge in [-0.15, -0.1) is 0 Å². The van der Waals surface area contributed by atoms with Gasteiger partial charge in [0.15, 0.2) is 0 Å². The van der Waals surface area contributed by atoms with Crippen molar-refractivity contribution in [3.8, 4) is 0 Å². The lowest BCUT2D eigenvalue weighted by Gasteiger charge is -2.22. The average molecular weight is 307 g/mol. The highest BCUT2D eigenvalue weighted by Crippen LogP contribution is 2.28. The molecule has 1 amide bonds. The lowest BCUT2D eigenvalue weighted by Crippen LogP contribution is -2.31. The van der Waals surface area contributed by atoms with Crippen molar-refractivity contribution in [2.75, 3.05) is 32.1 Å². The van der Waals surface area contributed by atoms with Gasteiger partial charge in [0, 0.05) is 50.9 Å². The fourth-order valence-corrected chi connectivity index (χ4v) is 2.73. The number of carbonyl (C=O) groups is 1. The number of anilines is 1. The van der Waals surface area contributed by atoms with E-state index in [4.69, 9.17) is 0 Å². The number of hydrogen-bond donors (Lipinski definition) is 1. The minimum absolute atomic E-state index is 0.0606. The van der Waals surface area contributed by atoms with Gasteiger partial charge in [-0.1, -0.05) is 0 Å². The zero-order chi connectivity index (χ0) is 16.4. The molecule has 7 heteroatoms. The molecule has 0 radical (unpaired) electrons. The summed E-state index contributed by atoms with van der Waals surface area (Å²) in [6.07, 6.45) is 0.284. The van der Waals surface area contributed by atoms with Gasteiger partial charge in [0.25, 0.3) is 11.6 Å². The molecule has 0 spiro atoms. The first-order valence-electron chi connectivity index (χ1n) is 7.24. The van der Waals surface area contributed by atoms with Crippen LogP contribution in [0.2, 0.25) is 0 Å². The minimum Gasteiger partial charge on any atom is -0.393 e. The molecule has 22 heavy (non-hydrogen) atoms. The van der Waals surface area contributed by atoms with E-state index in [9.17, 15) is 20.0 Å². The van der Waals surface area contributed by atoms with Gasteiger partial charge in [-0.25, -0.2) is 0 Å². The van der Waals surface area contributed by atoms with Crippen molar-refractivity contribution in [1.82, 2.24) is 4.90 Å². The highest BCUT2D eigenvalue weighted by Gasteiger charge is 2.31. The smallest absolute Gasteiger partial charge is 0.270 e. The maximum atomic E-state index is 12.7. The first-order valence-corrected chi connectivity index (χ1v) is 7.24. The van der Waals surface area contributed by atoms with Crippen molar-refractivity contribution in [3.05, 3.63) is 33.9 Å². The van der Waals surface area contributed by atoms with Crippen LogP contribution >= 0.6 is 0 Å². The average Bonchev–Trinajstić information content (AvgIpc) is 2.95. The summed E-state index contributed by atoms with van der Waals surface area (Å²) >= 11 is 0. The summed E-state index contributed by atoms with van der Waals surface area (Å²) in [5, 5.41) is 20.6. The molecular formula is C15H21N3O4. The van der Waals surface area contributed by atoms with Crippen LogP contribution < -0.4 is 4.90 Å². The van der Waals surface area contributed by atoms with Crippen LogP contribution in [0.4, 0.5) is 11.4 Å². The lowest BCUT2D eigenvalue weighted by atomic mass is 10.0. The fourth-order valence-electron chi connectivity index (χ4n) is 2.73. The Morgan fingerprint density at radius 3 is 2.68 bits per heavy atom. The van der Waals surface area contributed by atoms with Gasteiger partial charge < -0.3 is 14.9 Å². The Bertz CT molecular complexity index is 586. The van der Waals surface area contributed by atoms with Gasteiger partial charge >= 0.3 is 0 Å². The second kappa shape index (κ2) is 6.31. The monoisotopic (exact) mass is 307 g/mol. The molecule has 1 fully saturated rings. The van der Waals surface area contributed by atoms with Crippen LogP contribution in [0.5, 0.6) is 0 Å². The van der Waals surface area contributed by atoms with Crippen molar-refractivity contribution in [3.63, 3.8) is 0 Å². The van der Waals surface area contributed by atoms with Crippen molar-refractivity contribution in [2.45, 2.75) is 19.4 Å². The molecule has 1 aliphatic rings. The Hall–Kier alpha value is -2.15. The van der Waals surface area contributed by atoms with E-state index in [1.807, 2.05) is 0 Å². The maximum Gasteiger partial charge on any atom is 0.270 e. The van der Waals surface area contributed by atoms with E-state index in [2.05, 4.69) is 0 Å². The quantitative estimate of drug-likeness (QED) is 0.673. The first-order chi connectivity index (χ1) is 10.3. The second-order valence-corrected chi connectivity index (χ2v) is 5.89. The van der Waals surface area contributed by atoms with Crippen molar-refractivity contribution in [1.29, 1.82) is 0 Å². The first kappa shape index (κ1) is 16.2. The lowest BCUT2D eigenvalue weighted by molar-refractivity contribution is -0.384. The Balaban J connectivity index is 2.32. The molecule has 120 valence electrons. The molecule has 2 unspecified atom stereocenters. The number of benzene rings is 1. The number of rotatable bonds is 4. The number of non-ortho nitro benzene ring substituents is 1. The van der Waals surface area contributed by atoms with E-state index in [0.717, 1.165) is 6.42 Å². The number of aliphatic hydroxyl groups is 1. The van der Waals surface area contributed by atoms with Crippen LogP contribution in [0.3, 0.4) is 0 Å². The molecule has 7 nitrogen and oxygen atoms in total. The van der Waals surface area contributed by atoms with Gasteiger partial charge in [-0.2, -0.15) is 0 Å². The SMILES string of the molecule is CC(O)C1CCN(C(=O)c2cc([N+](=O)[O-])ccc2N(C)C)C1. The standard InChI is InChI=1S/C15H21N3O4/c1-10(19)11-6-7-17(9-11)15(20)13-8-12(18(21)22)4-5-14(13)16(2)3/h4-5,8,10-11,19H,6-7,9H2,1-3H3. The van der Waals surface area contributed by atoms with Crippen molar-refractivity contribution in [2.24, 2.45) is 5.92 Å². The molecule has 2 atom stereocenters. The summed E-state index contributed by atoms with van der Waals surface area (Å²) in [5.74, 6) is -0.166. The Morgan fingerprint density at radius 2 is 2.18 bits per heavy atom. The van der Waals surface area contributed by atoms with Crippen LogP contribution in [0, 0.1) is 16.0 Å². The second-order valence-electron chi connectivity index (χ2n) is 5.89. The molecule has 1 saturated heterocycles. The predicted octanol–water partition coefficient (Wildman–Crippen LogP) is 1.50. The summed E-state index contributed by atoms with van der Waals surface area (Å²) in [6.45, 7) is 2.76. The van der Waals surface area contributed by atoms with Gasteiger partial charge in [0.2, 0.25) is 0 Å².